The number of methoxy groups -OCH3 is 1. The van der Waals surface area contributed by atoms with Crippen LogP contribution >= 0.6 is 11.6 Å². The molecule has 7 heteroatoms. The fraction of sp³-hybridized carbons (Fsp3) is 0.353. The molecule has 0 unspecified atom stereocenters. The summed E-state index contributed by atoms with van der Waals surface area (Å²) in [6.07, 6.45) is 3.14. The SMILES string of the molecule is COc1nccc(OC2CCN(C(=O)c3ccc(Cl)cc3)CC2)n1. The first-order chi connectivity index (χ1) is 11.7. The van der Waals surface area contributed by atoms with Crippen LogP contribution in [-0.4, -0.2) is 47.1 Å². The lowest BCUT2D eigenvalue weighted by Crippen LogP contribution is -2.41. The molecule has 0 saturated carbocycles. The second kappa shape index (κ2) is 7.49. The number of carbonyl (C=O) groups is 1. The highest BCUT2D eigenvalue weighted by atomic mass is 35.5. The van der Waals surface area contributed by atoms with Gasteiger partial charge in [0.1, 0.15) is 6.10 Å². The Bertz CT molecular complexity index is 700. The molecular formula is C17H18ClN3O3. The van der Waals surface area contributed by atoms with Crippen LogP contribution in [0.4, 0.5) is 0 Å². The Hall–Kier alpha value is -2.34. The van der Waals surface area contributed by atoms with E-state index in [9.17, 15) is 4.79 Å². The maximum atomic E-state index is 12.5. The summed E-state index contributed by atoms with van der Waals surface area (Å²) < 4.78 is 10.8. The second-order valence-corrected chi connectivity index (χ2v) is 5.93. The third-order valence-electron chi connectivity index (χ3n) is 3.90. The summed E-state index contributed by atoms with van der Waals surface area (Å²) in [4.78, 5) is 22.4. The lowest BCUT2D eigenvalue weighted by Gasteiger charge is -2.32. The number of hydrogen-bond donors (Lipinski definition) is 0. The number of piperidine rings is 1. The summed E-state index contributed by atoms with van der Waals surface area (Å²) in [5, 5.41) is 0.624. The molecule has 2 heterocycles. The number of aromatic nitrogens is 2. The van der Waals surface area contributed by atoms with Crippen LogP contribution in [-0.2, 0) is 0 Å². The maximum absolute atomic E-state index is 12.5. The van der Waals surface area contributed by atoms with Gasteiger partial charge in [-0.3, -0.25) is 4.79 Å². The van der Waals surface area contributed by atoms with Crippen LogP contribution < -0.4 is 9.47 Å². The summed E-state index contributed by atoms with van der Waals surface area (Å²) >= 11 is 5.86. The van der Waals surface area contributed by atoms with Crippen LogP contribution in [0.3, 0.4) is 0 Å². The number of rotatable bonds is 4. The molecule has 1 aromatic heterocycles. The number of likely N-dealkylation sites (tertiary alicyclic amines) is 1. The first-order valence-corrected chi connectivity index (χ1v) is 8.12. The normalized spacial score (nSPS) is 15.2. The highest BCUT2D eigenvalue weighted by Gasteiger charge is 2.25. The molecular weight excluding hydrogens is 330 g/mol. The van der Waals surface area contributed by atoms with Gasteiger partial charge in [0.05, 0.1) is 7.11 Å². The predicted molar refractivity (Wildman–Crippen MR) is 89.6 cm³/mol. The molecule has 1 saturated heterocycles. The zero-order chi connectivity index (χ0) is 16.9. The lowest BCUT2D eigenvalue weighted by molar-refractivity contribution is 0.0586. The number of nitrogens with zero attached hydrogens (tertiary/aromatic N) is 3. The van der Waals surface area contributed by atoms with Crippen LogP contribution in [0.15, 0.2) is 36.5 Å². The quantitative estimate of drug-likeness (QED) is 0.851. The van der Waals surface area contributed by atoms with Crippen molar-refractivity contribution in [2.45, 2.75) is 18.9 Å². The van der Waals surface area contributed by atoms with Crippen molar-refractivity contribution < 1.29 is 14.3 Å². The van der Waals surface area contributed by atoms with E-state index in [0.29, 0.717) is 29.6 Å². The van der Waals surface area contributed by atoms with Gasteiger partial charge in [-0.1, -0.05) is 11.6 Å². The molecule has 0 spiro atoms. The smallest absolute Gasteiger partial charge is 0.319 e. The van der Waals surface area contributed by atoms with E-state index in [-0.39, 0.29) is 18.0 Å². The molecule has 1 aliphatic rings. The Morgan fingerprint density at radius 1 is 1.21 bits per heavy atom. The molecule has 1 aliphatic heterocycles. The van der Waals surface area contributed by atoms with E-state index >= 15 is 0 Å². The zero-order valence-electron chi connectivity index (χ0n) is 13.3. The Morgan fingerprint density at radius 3 is 2.58 bits per heavy atom. The van der Waals surface area contributed by atoms with E-state index in [2.05, 4.69) is 9.97 Å². The van der Waals surface area contributed by atoms with Crippen molar-refractivity contribution in [2.24, 2.45) is 0 Å². The topological polar surface area (TPSA) is 64.6 Å². The van der Waals surface area contributed by atoms with Gasteiger partial charge in [-0.25, -0.2) is 4.98 Å². The molecule has 0 radical (unpaired) electrons. The minimum Gasteiger partial charge on any atom is -0.474 e. The average molecular weight is 348 g/mol. The number of ether oxygens (including phenoxy) is 2. The molecule has 0 N–H and O–H groups in total. The molecule has 1 aromatic carbocycles. The van der Waals surface area contributed by atoms with Crippen LogP contribution in [0, 0.1) is 0 Å². The third kappa shape index (κ3) is 3.94. The number of hydrogen-bond acceptors (Lipinski definition) is 5. The van der Waals surface area contributed by atoms with Gasteiger partial charge in [-0.15, -0.1) is 0 Å². The Labute approximate surface area is 145 Å². The molecule has 1 amide bonds. The van der Waals surface area contributed by atoms with Gasteiger partial charge in [0.2, 0.25) is 5.88 Å². The predicted octanol–water partition coefficient (Wildman–Crippen LogP) is 2.82. The molecule has 1 fully saturated rings. The third-order valence-corrected chi connectivity index (χ3v) is 4.15. The molecule has 2 aromatic rings. The van der Waals surface area contributed by atoms with Crippen LogP contribution in [0.2, 0.25) is 5.02 Å². The van der Waals surface area contributed by atoms with E-state index in [4.69, 9.17) is 21.1 Å². The van der Waals surface area contributed by atoms with E-state index in [0.717, 1.165) is 12.8 Å². The molecule has 0 bridgehead atoms. The van der Waals surface area contributed by atoms with Gasteiger partial charge >= 0.3 is 6.01 Å². The second-order valence-electron chi connectivity index (χ2n) is 5.50. The monoisotopic (exact) mass is 347 g/mol. The van der Waals surface area contributed by atoms with Crippen molar-refractivity contribution in [2.75, 3.05) is 20.2 Å². The van der Waals surface area contributed by atoms with Crippen molar-refractivity contribution in [3.63, 3.8) is 0 Å². The largest absolute Gasteiger partial charge is 0.474 e. The molecule has 6 nitrogen and oxygen atoms in total. The minimum absolute atomic E-state index is 0.0221. The fourth-order valence-corrected chi connectivity index (χ4v) is 2.74. The van der Waals surface area contributed by atoms with Crippen molar-refractivity contribution in [1.82, 2.24) is 14.9 Å². The number of halogens is 1. The summed E-state index contributed by atoms with van der Waals surface area (Å²) in [5.41, 5.74) is 0.652. The fourth-order valence-electron chi connectivity index (χ4n) is 2.61. The Kier molecular flexibility index (Phi) is 5.15. The Balaban J connectivity index is 1.55. The highest BCUT2D eigenvalue weighted by Crippen LogP contribution is 2.20. The van der Waals surface area contributed by atoms with Gasteiger partial charge in [0.15, 0.2) is 0 Å². The molecule has 24 heavy (non-hydrogen) atoms. The van der Waals surface area contributed by atoms with Gasteiger partial charge in [-0.05, 0) is 24.3 Å². The van der Waals surface area contributed by atoms with Gasteiger partial charge in [-0.2, -0.15) is 4.98 Å². The highest BCUT2D eigenvalue weighted by molar-refractivity contribution is 6.30. The van der Waals surface area contributed by atoms with E-state index in [1.807, 2.05) is 4.90 Å². The van der Waals surface area contributed by atoms with Gasteiger partial charge in [0, 0.05) is 48.8 Å². The van der Waals surface area contributed by atoms with Crippen molar-refractivity contribution >= 4 is 17.5 Å². The maximum Gasteiger partial charge on any atom is 0.319 e. The van der Waals surface area contributed by atoms with E-state index in [1.54, 1.807) is 36.5 Å². The van der Waals surface area contributed by atoms with Gasteiger partial charge < -0.3 is 14.4 Å². The summed E-state index contributed by atoms with van der Waals surface area (Å²) in [6.45, 7) is 1.29. The lowest BCUT2D eigenvalue weighted by atomic mass is 10.1. The molecule has 0 aliphatic carbocycles. The number of amides is 1. The minimum atomic E-state index is 0.0221. The molecule has 0 atom stereocenters. The standard InChI is InChI=1S/C17H18ClN3O3/c1-23-17-19-9-6-15(20-17)24-14-7-10-21(11-8-14)16(22)12-2-4-13(18)5-3-12/h2-6,9,14H,7-8,10-11H2,1H3. The van der Waals surface area contributed by atoms with Crippen LogP contribution in [0.1, 0.15) is 23.2 Å². The average Bonchev–Trinajstić information content (AvgIpc) is 2.62. The Morgan fingerprint density at radius 2 is 1.92 bits per heavy atom. The molecule has 126 valence electrons. The zero-order valence-corrected chi connectivity index (χ0v) is 14.1. The summed E-state index contributed by atoms with van der Waals surface area (Å²) in [6, 6.07) is 8.94. The van der Waals surface area contributed by atoms with E-state index in [1.165, 1.54) is 7.11 Å². The first kappa shape index (κ1) is 16.5. The summed E-state index contributed by atoms with van der Waals surface area (Å²) in [5.74, 6) is 0.512. The van der Waals surface area contributed by atoms with Crippen LogP contribution in [0.25, 0.3) is 0 Å². The molecule has 3 rings (SSSR count). The van der Waals surface area contributed by atoms with Crippen molar-refractivity contribution in [1.29, 1.82) is 0 Å². The first-order valence-electron chi connectivity index (χ1n) is 7.74. The number of carbonyl (C=O) groups excluding carboxylic acids is 1. The van der Waals surface area contributed by atoms with Crippen LogP contribution in [0.5, 0.6) is 11.9 Å². The van der Waals surface area contributed by atoms with Crippen molar-refractivity contribution in [3.05, 3.63) is 47.1 Å². The van der Waals surface area contributed by atoms with Gasteiger partial charge in [0.25, 0.3) is 5.91 Å². The van der Waals surface area contributed by atoms with E-state index < -0.39 is 0 Å². The summed E-state index contributed by atoms with van der Waals surface area (Å²) in [7, 11) is 1.51. The number of benzene rings is 1. The van der Waals surface area contributed by atoms with Crippen molar-refractivity contribution in [3.8, 4) is 11.9 Å².